The molecule has 0 bridgehead atoms. The van der Waals surface area contributed by atoms with Crippen molar-refractivity contribution in [3.05, 3.63) is 0 Å². The Morgan fingerprint density at radius 3 is 2.67 bits per heavy atom. The summed E-state index contributed by atoms with van der Waals surface area (Å²) >= 11 is 0. The second-order valence-electron chi connectivity index (χ2n) is 3.95. The average molecular weight is 209 g/mol. The summed E-state index contributed by atoms with van der Waals surface area (Å²) in [5, 5.41) is 11.2. The Morgan fingerprint density at radius 1 is 1.47 bits per heavy atom. The van der Waals surface area contributed by atoms with Crippen LogP contribution in [0.2, 0.25) is 0 Å². The molecule has 15 heavy (non-hydrogen) atoms. The number of carbonyl (C=O) groups excluding carboxylic acids is 1. The molecule has 4 nitrogen and oxygen atoms in total. The quantitative estimate of drug-likeness (QED) is 0.771. The molecule has 0 spiro atoms. The van der Waals surface area contributed by atoms with Gasteiger partial charge in [0.1, 0.15) is 0 Å². The van der Waals surface area contributed by atoms with Gasteiger partial charge in [-0.05, 0) is 12.8 Å². The summed E-state index contributed by atoms with van der Waals surface area (Å²) in [6.45, 7) is 0.556. The molecule has 0 heterocycles. The minimum Gasteiger partial charge on any atom is -0.341 e. The number of nitrogens with zero attached hydrogens (tertiary/aromatic N) is 2. The highest BCUT2D eigenvalue weighted by atomic mass is 16.2. The highest BCUT2D eigenvalue weighted by molar-refractivity contribution is 5.74. The van der Waals surface area contributed by atoms with Gasteiger partial charge < -0.3 is 10.2 Å². The van der Waals surface area contributed by atoms with Crippen molar-refractivity contribution in [3.8, 4) is 6.07 Å². The second-order valence-corrected chi connectivity index (χ2v) is 3.95. The standard InChI is InChI=1S/C11H19N3O/c1-13-11(15)14(9-5-8-12)10-6-3-2-4-7-10/h10H,2-7,9H2,1H3,(H,13,15). The van der Waals surface area contributed by atoms with E-state index in [-0.39, 0.29) is 6.03 Å². The van der Waals surface area contributed by atoms with E-state index in [0.717, 1.165) is 12.8 Å². The molecule has 0 aliphatic heterocycles. The number of rotatable bonds is 3. The van der Waals surface area contributed by atoms with Gasteiger partial charge in [-0.3, -0.25) is 0 Å². The number of carbonyl (C=O) groups is 1. The summed E-state index contributed by atoms with van der Waals surface area (Å²) < 4.78 is 0. The van der Waals surface area contributed by atoms with Crippen LogP contribution in [0.1, 0.15) is 38.5 Å². The van der Waals surface area contributed by atoms with Crippen LogP contribution in [0.4, 0.5) is 4.79 Å². The predicted molar refractivity (Wildman–Crippen MR) is 58.3 cm³/mol. The molecule has 0 atom stereocenters. The molecule has 0 unspecified atom stereocenters. The molecular formula is C11H19N3O. The Hall–Kier alpha value is -1.24. The zero-order valence-electron chi connectivity index (χ0n) is 9.33. The third kappa shape index (κ3) is 3.43. The molecule has 0 saturated heterocycles. The lowest BCUT2D eigenvalue weighted by molar-refractivity contribution is 0.159. The van der Waals surface area contributed by atoms with Gasteiger partial charge in [-0.1, -0.05) is 19.3 Å². The van der Waals surface area contributed by atoms with Crippen LogP contribution in [0.25, 0.3) is 0 Å². The smallest absolute Gasteiger partial charge is 0.317 e. The molecule has 84 valence electrons. The predicted octanol–water partition coefficient (Wildman–Crippen LogP) is 1.87. The summed E-state index contributed by atoms with van der Waals surface area (Å²) in [5.74, 6) is 0. The third-order valence-electron chi connectivity index (χ3n) is 2.95. The first-order valence-electron chi connectivity index (χ1n) is 5.65. The van der Waals surface area contributed by atoms with E-state index in [1.807, 2.05) is 4.90 Å². The van der Waals surface area contributed by atoms with E-state index >= 15 is 0 Å². The molecule has 0 aromatic carbocycles. The summed E-state index contributed by atoms with van der Waals surface area (Å²) in [6, 6.07) is 2.39. The summed E-state index contributed by atoms with van der Waals surface area (Å²) in [7, 11) is 1.64. The van der Waals surface area contributed by atoms with Crippen molar-refractivity contribution in [3.63, 3.8) is 0 Å². The van der Waals surface area contributed by atoms with Crippen molar-refractivity contribution in [2.75, 3.05) is 13.6 Å². The zero-order chi connectivity index (χ0) is 11.1. The first kappa shape index (κ1) is 11.8. The highest BCUT2D eigenvalue weighted by Gasteiger charge is 2.23. The van der Waals surface area contributed by atoms with Crippen molar-refractivity contribution in [1.29, 1.82) is 5.26 Å². The van der Waals surface area contributed by atoms with Crippen LogP contribution in [-0.2, 0) is 0 Å². The van der Waals surface area contributed by atoms with Crippen LogP contribution in [0, 0.1) is 11.3 Å². The number of nitrogens with one attached hydrogen (secondary N) is 1. The SMILES string of the molecule is CNC(=O)N(CCC#N)C1CCCCC1. The molecule has 1 aliphatic rings. The van der Waals surface area contributed by atoms with E-state index in [1.54, 1.807) is 7.05 Å². The van der Waals surface area contributed by atoms with Crippen LogP contribution in [0.3, 0.4) is 0 Å². The second kappa shape index (κ2) is 6.28. The third-order valence-corrected chi connectivity index (χ3v) is 2.95. The number of hydrogen-bond donors (Lipinski definition) is 1. The molecule has 1 fully saturated rings. The molecule has 1 aliphatic carbocycles. The Kier molecular flexibility index (Phi) is 4.96. The first-order chi connectivity index (χ1) is 7.29. The summed E-state index contributed by atoms with van der Waals surface area (Å²) in [5.41, 5.74) is 0. The van der Waals surface area contributed by atoms with E-state index in [1.165, 1.54) is 19.3 Å². The molecule has 1 rings (SSSR count). The van der Waals surface area contributed by atoms with Gasteiger partial charge >= 0.3 is 6.03 Å². The van der Waals surface area contributed by atoms with Gasteiger partial charge in [0.2, 0.25) is 0 Å². The van der Waals surface area contributed by atoms with Gasteiger partial charge in [-0.2, -0.15) is 5.26 Å². The van der Waals surface area contributed by atoms with E-state index in [0.29, 0.717) is 19.0 Å². The van der Waals surface area contributed by atoms with Crippen LogP contribution >= 0.6 is 0 Å². The maximum Gasteiger partial charge on any atom is 0.317 e. The van der Waals surface area contributed by atoms with Gasteiger partial charge in [0, 0.05) is 19.6 Å². The van der Waals surface area contributed by atoms with Crippen molar-refractivity contribution in [2.24, 2.45) is 0 Å². The molecule has 0 aromatic heterocycles. The van der Waals surface area contributed by atoms with Gasteiger partial charge in [0.05, 0.1) is 12.5 Å². The summed E-state index contributed by atoms with van der Waals surface area (Å²) in [4.78, 5) is 13.4. The zero-order valence-corrected chi connectivity index (χ0v) is 9.33. The molecule has 1 saturated carbocycles. The minimum atomic E-state index is -0.0443. The molecule has 4 heteroatoms. The van der Waals surface area contributed by atoms with Gasteiger partial charge in [-0.15, -0.1) is 0 Å². The van der Waals surface area contributed by atoms with Crippen molar-refractivity contribution in [1.82, 2.24) is 10.2 Å². The fraction of sp³-hybridized carbons (Fsp3) is 0.818. The highest BCUT2D eigenvalue weighted by Crippen LogP contribution is 2.22. The Balaban J connectivity index is 2.53. The van der Waals surface area contributed by atoms with Gasteiger partial charge in [-0.25, -0.2) is 4.79 Å². The van der Waals surface area contributed by atoms with E-state index in [4.69, 9.17) is 5.26 Å². The number of urea groups is 1. The largest absolute Gasteiger partial charge is 0.341 e. The van der Waals surface area contributed by atoms with E-state index < -0.39 is 0 Å². The Labute approximate surface area is 91.2 Å². The molecule has 1 N–H and O–H groups in total. The molecule has 2 amide bonds. The Morgan fingerprint density at radius 2 is 2.13 bits per heavy atom. The molecule has 0 aromatic rings. The monoisotopic (exact) mass is 209 g/mol. The van der Waals surface area contributed by atoms with Crippen LogP contribution in [0.15, 0.2) is 0 Å². The lowest BCUT2D eigenvalue weighted by Crippen LogP contribution is -2.46. The molecule has 0 radical (unpaired) electrons. The maximum atomic E-state index is 11.6. The van der Waals surface area contributed by atoms with Crippen molar-refractivity contribution in [2.45, 2.75) is 44.6 Å². The number of hydrogen-bond acceptors (Lipinski definition) is 2. The number of amides is 2. The van der Waals surface area contributed by atoms with Gasteiger partial charge in [0.15, 0.2) is 0 Å². The van der Waals surface area contributed by atoms with Crippen molar-refractivity contribution >= 4 is 6.03 Å². The molecular weight excluding hydrogens is 190 g/mol. The van der Waals surface area contributed by atoms with Crippen molar-refractivity contribution < 1.29 is 4.79 Å². The maximum absolute atomic E-state index is 11.6. The lowest BCUT2D eigenvalue weighted by atomic mass is 9.94. The fourth-order valence-corrected chi connectivity index (χ4v) is 2.16. The topological polar surface area (TPSA) is 56.1 Å². The minimum absolute atomic E-state index is 0.0443. The normalized spacial score (nSPS) is 16.8. The first-order valence-corrected chi connectivity index (χ1v) is 5.65. The van der Waals surface area contributed by atoms with E-state index in [2.05, 4.69) is 11.4 Å². The van der Waals surface area contributed by atoms with Gasteiger partial charge in [0.25, 0.3) is 0 Å². The van der Waals surface area contributed by atoms with Crippen LogP contribution in [0.5, 0.6) is 0 Å². The summed E-state index contributed by atoms with van der Waals surface area (Å²) in [6.07, 6.45) is 6.26. The Bertz CT molecular complexity index is 241. The fourth-order valence-electron chi connectivity index (χ4n) is 2.16. The average Bonchev–Trinajstić information content (AvgIpc) is 2.30. The number of nitriles is 1. The van der Waals surface area contributed by atoms with Crippen LogP contribution in [-0.4, -0.2) is 30.6 Å². The van der Waals surface area contributed by atoms with Crippen LogP contribution < -0.4 is 5.32 Å². The lowest BCUT2D eigenvalue weighted by Gasteiger charge is -2.33. The van der Waals surface area contributed by atoms with E-state index in [9.17, 15) is 4.79 Å².